The molecule has 0 saturated carbocycles. The Bertz CT molecular complexity index is 882. The fourth-order valence-electron chi connectivity index (χ4n) is 2.44. The first kappa shape index (κ1) is 15.2. The molecule has 0 aliphatic carbocycles. The summed E-state index contributed by atoms with van der Waals surface area (Å²) >= 11 is 1.22. The standard InChI is InChI=1S/C16H15N3O3S/c1-10-7-19(13-5-3-2-4-11(10)13)8-14(20)17-6-15-18-12(9-23-15)16(21)22/h2-5,7,9H,6,8H2,1H3,(H,17,20)(H,21,22). The molecule has 0 atom stereocenters. The Morgan fingerprint density at radius 3 is 2.87 bits per heavy atom. The van der Waals surface area contributed by atoms with Crippen LogP contribution in [0, 0.1) is 6.92 Å². The number of nitrogens with one attached hydrogen (secondary N) is 1. The molecule has 7 heteroatoms. The lowest BCUT2D eigenvalue weighted by Gasteiger charge is -2.06. The monoisotopic (exact) mass is 329 g/mol. The lowest BCUT2D eigenvalue weighted by Crippen LogP contribution is -2.26. The number of para-hydroxylation sites is 1. The van der Waals surface area contributed by atoms with Crippen LogP contribution in [0.3, 0.4) is 0 Å². The number of carbonyl (C=O) groups is 2. The van der Waals surface area contributed by atoms with Crippen LogP contribution in [-0.2, 0) is 17.9 Å². The number of rotatable bonds is 5. The summed E-state index contributed by atoms with van der Waals surface area (Å²) < 4.78 is 1.91. The van der Waals surface area contributed by atoms with Gasteiger partial charge in [-0.1, -0.05) is 18.2 Å². The van der Waals surface area contributed by atoms with Gasteiger partial charge in [0.25, 0.3) is 0 Å². The number of carboxylic acid groups (broad SMARTS) is 1. The second-order valence-electron chi connectivity index (χ2n) is 5.17. The van der Waals surface area contributed by atoms with Crippen molar-refractivity contribution in [3.05, 3.63) is 52.1 Å². The van der Waals surface area contributed by atoms with E-state index in [1.807, 2.05) is 42.0 Å². The van der Waals surface area contributed by atoms with Crippen LogP contribution < -0.4 is 5.32 Å². The predicted octanol–water partition coefficient (Wildman–Crippen LogP) is 2.42. The maximum atomic E-state index is 12.1. The Morgan fingerprint density at radius 1 is 1.35 bits per heavy atom. The van der Waals surface area contributed by atoms with Gasteiger partial charge in [0.2, 0.25) is 5.91 Å². The number of hydrogen-bond donors (Lipinski definition) is 2. The van der Waals surface area contributed by atoms with Gasteiger partial charge in [0.1, 0.15) is 11.6 Å². The molecule has 3 rings (SSSR count). The number of aromatic nitrogens is 2. The zero-order chi connectivity index (χ0) is 16.4. The summed E-state index contributed by atoms with van der Waals surface area (Å²) in [6, 6.07) is 7.93. The van der Waals surface area contributed by atoms with Crippen LogP contribution in [0.1, 0.15) is 21.1 Å². The molecule has 6 nitrogen and oxygen atoms in total. The molecule has 0 spiro atoms. The molecule has 3 aromatic rings. The van der Waals surface area contributed by atoms with Gasteiger partial charge in [-0.05, 0) is 18.6 Å². The first-order valence-electron chi connectivity index (χ1n) is 7.03. The maximum absolute atomic E-state index is 12.1. The number of carboxylic acids is 1. The number of amides is 1. The molecule has 2 N–H and O–H groups in total. The van der Waals surface area contributed by atoms with Crippen LogP contribution in [0.5, 0.6) is 0 Å². The first-order valence-corrected chi connectivity index (χ1v) is 7.91. The average Bonchev–Trinajstić information content (AvgIpc) is 3.12. The van der Waals surface area contributed by atoms with Crippen molar-refractivity contribution < 1.29 is 14.7 Å². The lowest BCUT2D eigenvalue weighted by atomic mass is 10.2. The van der Waals surface area contributed by atoms with E-state index < -0.39 is 5.97 Å². The number of thiazole rings is 1. The van der Waals surface area contributed by atoms with E-state index in [9.17, 15) is 9.59 Å². The van der Waals surface area contributed by atoms with Crippen molar-refractivity contribution in [1.29, 1.82) is 0 Å². The third kappa shape index (κ3) is 3.24. The molecule has 1 aromatic carbocycles. The fraction of sp³-hybridized carbons (Fsp3) is 0.188. The highest BCUT2D eigenvalue weighted by molar-refractivity contribution is 7.09. The topological polar surface area (TPSA) is 84.2 Å². The summed E-state index contributed by atoms with van der Waals surface area (Å²) in [7, 11) is 0. The molecular weight excluding hydrogens is 314 g/mol. The Kier molecular flexibility index (Phi) is 4.12. The largest absolute Gasteiger partial charge is 0.476 e. The molecule has 1 amide bonds. The van der Waals surface area contributed by atoms with Crippen molar-refractivity contribution in [1.82, 2.24) is 14.9 Å². The normalized spacial score (nSPS) is 10.8. The van der Waals surface area contributed by atoms with Crippen molar-refractivity contribution >= 4 is 34.1 Å². The molecule has 0 bridgehead atoms. The smallest absolute Gasteiger partial charge is 0.355 e. The van der Waals surface area contributed by atoms with Gasteiger partial charge in [-0.2, -0.15) is 0 Å². The minimum absolute atomic E-state index is 0.00581. The Labute approximate surface area is 136 Å². The van der Waals surface area contributed by atoms with E-state index >= 15 is 0 Å². The molecule has 0 aliphatic heterocycles. The zero-order valence-electron chi connectivity index (χ0n) is 12.4. The molecule has 118 valence electrons. The Morgan fingerprint density at radius 2 is 2.13 bits per heavy atom. The number of nitrogens with zero attached hydrogens (tertiary/aromatic N) is 2. The highest BCUT2D eigenvalue weighted by Crippen LogP contribution is 2.20. The van der Waals surface area contributed by atoms with Crippen LogP contribution in [0.25, 0.3) is 10.9 Å². The summed E-state index contributed by atoms with van der Waals surface area (Å²) in [4.78, 5) is 26.8. The summed E-state index contributed by atoms with van der Waals surface area (Å²) in [5.41, 5.74) is 2.15. The molecule has 0 saturated heterocycles. The quantitative estimate of drug-likeness (QED) is 0.753. The van der Waals surface area contributed by atoms with Gasteiger partial charge in [-0.3, -0.25) is 4.79 Å². The number of aryl methyl sites for hydroxylation is 1. The van der Waals surface area contributed by atoms with Crippen LogP contribution in [0.2, 0.25) is 0 Å². The molecule has 2 aromatic heterocycles. The average molecular weight is 329 g/mol. The summed E-state index contributed by atoms with van der Waals surface area (Å²) in [6.07, 6.45) is 1.95. The van der Waals surface area contributed by atoms with Crippen LogP contribution in [0.4, 0.5) is 0 Å². The molecule has 0 aliphatic rings. The molecule has 0 unspecified atom stereocenters. The second-order valence-corrected chi connectivity index (χ2v) is 6.11. The van der Waals surface area contributed by atoms with Gasteiger partial charge in [0.15, 0.2) is 5.69 Å². The number of benzene rings is 1. The fourth-order valence-corrected chi connectivity index (χ4v) is 3.14. The maximum Gasteiger partial charge on any atom is 0.355 e. The Balaban J connectivity index is 1.65. The van der Waals surface area contributed by atoms with Crippen molar-refractivity contribution in [2.24, 2.45) is 0 Å². The number of hydrogen-bond acceptors (Lipinski definition) is 4. The van der Waals surface area contributed by atoms with Crippen molar-refractivity contribution in [3.8, 4) is 0 Å². The first-order chi connectivity index (χ1) is 11.0. The summed E-state index contributed by atoms with van der Waals surface area (Å²) in [5, 5.41) is 14.8. The van der Waals surface area contributed by atoms with E-state index in [-0.39, 0.29) is 24.7 Å². The second kappa shape index (κ2) is 6.21. The lowest BCUT2D eigenvalue weighted by molar-refractivity contribution is -0.121. The summed E-state index contributed by atoms with van der Waals surface area (Å²) in [5.74, 6) is -1.20. The van der Waals surface area contributed by atoms with Gasteiger partial charge in [-0.25, -0.2) is 9.78 Å². The predicted molar refractivity (Wildman–Crippen MR) is 87.6 cm³/mol. The van der Waals surface area contributed by atoms with Crippen LogP contribution in [-0.4, -0.2) is 26.5 Å². The van der Waals surface area contributed by atoms with E-state index in [1.54, 1.807) is 0 Å². The van der Waals surface area contributed by atoms with E-state index in [2.05, 4.69) is 10.3 Å². The number of carbonyl (C=O) groups excluding carboxylic acids is 1. The van der Waals surface area contributed by atoms with E-state index in [1.165, 1.54) is 16.7 Å². The molecule has 0 fully saturated rings. The number of aromatic carboxylic acids is 1. The molecule has 23 heavy (non-hydrogen) atoms. The van der Waals surface area contributed by atoms with Gasteiger partial charge in [0, 0.05) is 22.5 Å². The zero-order valence-corrected chi connectivity index (χ0v) is 13.3. The van der Waals surface area contributed by atoms with Crippen molar-refractivity contribution in [2.75, 3.05) is 0 Å². The van der Waals surface area contributed by atoms with E-state index in [0.717, 1.165) is 16.5 Å². The summed E-state index contributed by atoms with van der Waals surface area (Å²) in [6.45, 7) is 2.46. The highest BCUT2D eigenvalue weighted by atomic mass is 32.1. The van der Waals surface area contributed by atoms with Crippen molar-refractivity contribution in [3.63, 3.8) is 0 Å². The van der Waals surface area contributed by atoms with Crippen LogP contribution in [0.15, 0.2) is 35.8 Å². The Hall–Kier alpha value is -2.67. The SMILES string of the molecule is Cc1cn(CC(=O)NCc2nc(C(=O)O)cs2)c2ccccc12. The molecule has 2 heterocycles. The van der Waals surface area contributed by atoms with Gasteiger partial charge >= 0.3 is 5.97 Å². The molecule has 0 radical (unpaired) electrons. The van der Waals surface area contributed by atoms with Gasteiger partial charge in [0.05, 0.1) is 6.54 Å². The van der Waals surface area contributed by atoms with E-state index in [4.69, 9.17) is 5.11 Å². The third-order valence-corrected chi connectivity index (χ3v) is 4.36. The van der Waals surface area contributed by atoms with Crippen molar-refractivity contribution in [2.45, 2.75) is 20.0 Å². The van der Waals surface area contributed by atoms with Gasteiger partial charge in [-0.15, -0.1) is 11.3 Å². The number of fused-ring (bicyclic) bond motifs is 1. The molecular formula is C16H15N3O3S. The minimum atomic E-state index is -1.06. The van der Waals surface area contributed by atoms with Crippen LogP contribution >= 0.6 is 11.3 Å². The highest BCUT2D eigenvalue weighted by Gasteiger charge is 2.11. The van der Waals surface area contributed by atoms with Gasteiger partial charge < -0.3 is 15.0 Å². The minimum Gasteiger partial charge on any atom is -0.476 e. The van der Waals surface area contributed by atoms with E-state index in [0.29, 0.717) is 5.01 Å². The third-order valence-electron chi connectivity index (χ3n) is 3.51.